The van der Waals surface area contributed by atoms with Gasteiger partial charge >= 0.3 is 5.97 Å². The number of piperidine rings is 1. The van der Waals surface area contributed by atoms with E-state index in [9.17, 15) is 18.0 Å². The van der Waals surface area contributed by atoms with Gasteiger partial charge in [0.1, 0.15) is 0 Å². The topological polar surface area (TPSA) is 111 Å². The Bertz CT molecular complexity index is 924. The summed E-state index contributed by atoms with van der Waals surface area (Å²) in [7, 11) is -3.85. The van der Waals surface area contributed by atoms with Crippen LogP contribution >= 0.6 is 0 Å². The van der Waals surface area contributed by atoms with Crippen LogP contribution in [-0.2, 0) is 24.3 Å². The van der Waals surface area contributed by atoms with Crippen LogP contribution in [0.15, 0.2) is 23.1 Å². The molecule has 32 heavy (non-hydrogen) atoms. The average molecular weight is 469 g/mol. The van der Waals surface area contributed by atoms with Crippen molar-refractivity contribution in [3.05, 3.63) is 18.2 Å². The van der Waals surface area contributed by atoms with E-state index in [0.29, 0.717) is 31.1 Å². The van der Waals surface area contributed by atoms with E-state index in [1.54, 1.807) is 17.9 Å². The Morgan fingerprint density at radius 3 is 2.47 bits per heavy atom. The SMILES string of the molecule is C[C@@H]1CCC[C@@H](C)N1C(=O)[C@@H](C)OC(=O)CCNS(=O)(=O)c1ccc2c(c1)OCCCO2. The Hall–Kier alpha value is -2.33. The number of hydrogen-bond donors (Lipinski definition) is 1. The summed E-state index contributed by atoms with van der Waals surface area (Å²) in [4.78, 5) is 26.7. The molecule has 1 N–H and O–H groups in total. The van der Waals surface area contributed by atoms with E-state index < -0.39 is 22.1 Å². The molecule has 10 heteroatoms. The summed E-state index contributed by atoms with van der Waals surface area (Å²) < 4.78 is 43.8. The number of hydrogen-bond acceptors (Lipinski definition) is 7. The van der Waals surface area contributed by atoms with Crippen molar-refractivity contribution in [2.24, 2.45) is 0 Å². The van der Waals surface area contributed by atoms with E-state index in [1.807, 2.05) is 13.8 Å². The van der Waals surface area contributed by atoms with Gasteiger partial charge in [0.05, 0.1) is 24.5 Å². The van der Waals surface area contributed by atoms with Gasteiger partial charge < -0.3 is 19.1 Å². The lowest BCUT2D eigenvalue weighted by atomic mass is 9.97. The maximum atomic E-state index is 12.7. The van der Waals surface area contributed by atoms with Crippen LogP contribution in [0.3, 0.4) is 0 Å². The van der Waals surface area contributed by atoms with Crippen LogP contribution in [0.25, 0.3) is 0 Å². The second kappa shape index (κ2) is 10.5. The predicted molar refractivity (Wildman–Crippen MR) is 117 cm³/mol. The molecular weight excluding hydrogens is 436 g/mol. The van der Waals surface area contributed by atoms with Crippen molar-refractivity contribution in [2.45, 2.75) is 76.0 Å². The molecule has 2 aliphatic heterocycles. The molecule has 1 saturated heterocycles. The van der Waals surface area contributed by atoms with Gasteiger partial charge in [0.2, 0.25) is 10.0 Å². The first-order valence-electron chi connectivity index (χ1n) is 11.1. The van der Waals surface area contributed by atoms with Crippen LogP contribution in [0, 0.1) is 0 Å². The molecule has 3 rings (SSSR count). The zero-order chi connectivity index (χ0) is 23.3. The lowest BCUT2D eigenvalue weighted by molar-refractivity contribution is -0.162. The van der Waals surface area contributed by atoms with E-state index in [-0.39, 0.29) is 35.9 Å². The van der Waals surface area contributed by atoms with Crippen molar-refractivity contribution in [1.29, 1.82) is 0 Å². The smallest absolute Gasteiger partial charge is 0.307 e. The van der Waals surface area contributed by atoms with Crippen LogP contribution in [0.2, 0.25) is 0 Å². The minimum Gasteiger partial charge on any atom is -0.490 e. The summed E-state index contributed by atoms with van der Waals surface area (Å²) in [5.41, 5.74) is 0. The molecule has 1 amide bonds. The highest BCUT2D eigenvalue weighted by Crippen LogP contribution is 2.31. The molecule has 0 spiro atoms. The number of esters is 1. The number of carbonyl (C=O) groups is 2. The number of likely N-dealkylation sites (tertiary alicyclic amines) is 1. The second-order valence-electron chi connectivity index (χ2n) is 8.31. The quantitative estimate of drug-likeness (QED) is 0.611. The Kier molecular flexibility index (Phi) is 8.00. The first-order valence-corrected chi connectivity index (χ1v) is 12.6. The lowest BCUT2D eigenvalue weighted by Gasteiger charge is -2.40. The van der Waals surface area contributed by atoms with Gasteiger partial charge in [-0.1, -0.05) is 0 Å². The van der Waals surface area contributed by atoms with E-state index in [2.05, 4.69) is 4.72 Å². The van der Waals surface area contributed by atoms with Crippen molar-refractivity contribution in [3.8, 4) is 11.5 Å². The molecule has 0 saturated carbocycles. The fraction of sp³-hybridized carbons (Fsp3) is 0.636. The molecule has 0 aliphatic carbocycles. The highest BCUT2D eigenvalue weighted by molar-refractivity contribution is 7.89. The number of amides is 1. The third kappa shape index (κ3) is 5.92. The Labute approximate surface area is 189 Å². The fourth-order valence-electron chi connectivity index (χ4n) is 4.05. The van der Waals surface area contributed by atoms with Crippen LogP contribution in [0.1, 0.15) is 52.9 Å². The number of nitrogens with one attached hydrogen (secondary N) is 1. The Morgan fingerprint density at radius 2 is 1.78 bits per heavy atom. The van der Waals surface area contributed by atoms with Crippen LogP contribution < -0.4 is 14.2 Å². The van der Waals surface area contributed by atoms with Gasteiger partial charge in [-0.2, -0.15) is 0 Å². The van der Waals surface area contributed by atoms with E-state index in [4.69, 9.17) is 14.2 Å². The van der Waals surface area contributed by atoms with Crippen molar-refractivity contribution in [3.63, 3.8) is 0 Å². The molecule has 1 fully saturated rings. The molecule has 2 aliphatic rings. The summed E-state index contributed by atoms with van der Waals surface area (Å²) in [5, 5.41) is 0. The van der Waals surface area contributed by atoms with Crippen LogP contribution in [0.4, 0.5) is 0 Å². The van der Waals surface area contributed by atoms with Gasteiger partial charge in [-0.25, -0.2) is 13.1 Å². The van der Waals surface area contributed by atoms with Gasteiger partial charge in [0.15, 0.2) is 17.6 Å². The molecule has 178 valence electrons. The Morgan fingerprint density at radius 1 is 1.12 bits per heavy atom. The lowest BCUT2D eigenvalue weighted by Crippen LogP contribution is -2.51. The standard InChI is InChI=1S/C22H32N2O7S/c1-15-6-4-7-16(2)24(15)22(26)17(3)31-21(25)10-11-23-32(27,28)18-8-9-19-20(14-18)30-13-5-12-29-19/h8-9,14-17,23H,4-7,10-13H2,1-3H3/t15-,16-,17-/m1/s1. The molecule has 1 aromatic rings. The van der Waals surface area contributed by atoms with Crippen molar-refractivity contribution >= 4 is 21.9 Å². The largest absolute Gasteiger partial charge is 0.490 e. The number of rotatable bonds is 7. The van der Waals surface area contributed by atoms with Gasteiger partial charge in [-0.15, -0.1) is 0 Å². The maximum absolute atomic E-state index is 12.7. The van der Waals surface area contributed by atoms with E-state index >= 15 is 0 Å². The first-order chi connectivity index (χ1) is 15.2. The number of benzene rings is 1. The number of fused-ring (bicyclic) bond motifs is 1. The number of nitrogens with zero attached hydrogens (tertiary/aromatic N) is 1. The monoisotopic (exact) mass is 468 g/mol. The minimum atomic E-state index is -3.85. The Balaban J connectivity index is 1.50. The molecule has 0 bridgehead atoms. The van der Waals surface area contributed by atoms with Gasteiger partial charge in [-0.05, 0) is 52.2 Å². The third-order valence-electron chi connectivity index (χ3n) is 5.75. The zero-order valence-electron chi connectivity index (χ0n) is 18.8. The number of sulfonamides is 1. The molecule has 2 heterocycles. The summed E-state index contributed by atoms with van der Waals surface area (Å²) in [6.45, 7) is 6.36. The van der Waals surface area contributed by atoms with Gasteiger partial charge in [0.25, 0.3) is 5.91 Å². The summed E-state index contributed by atoms with van der Waals surface area (Å²) in [6, 6.07) is 4.60. The second-order valence-corrected chi connectivity index (χ2v) is 10.1. The number of ether oxygens (including phenoxy) is 3. The first kappa shape index (κ1) is 24.3. The molecule has 1 aromatic carbocycles. The molecule has 0 aromatic heterocycles. The molecule has 9 nitrogen and oxygen atoms in total. The van der Waals surface area contributed by atoms with Gasteiger partial charge in [-0.3, -0.25) is 9.59 Å². The molecular formula is C22H32N2O7S. The summed E-state index contributed by atoms with van der Waals surface area (Å²) in [5.74, 6) is 0.0228. The summed E-state index contributed by atoms with van der Waals surface area (Å²) in [6.07, 6.45) is 2.55. The van der Waals surface area contributed by atoms with E-state index in [1.165, 1.54) is 12.1 Å². The van der Waals surface area contributed by atoms with Crippen molar-refractivity contribution in [1.82, 2.24) is 9.62 Å². The minimum absolute atomic E-state index is 0.0201. The molecule has 0 unspecified atom stereocenters. The normalized spacial score (nSPS) is 22.0. The maximum Gasteiger partial charge on any atom is 0.307 e. The average Bonchev–Trinajstić information content (AvgIpc) is 2.98. The van der Waals surface area contributed by atoms with Crippen LogP contribution in [-0.4, -0.2) is 63.1 Å². The van der Waals surface area contributed by atoms with Crippen molar-refractivity contribution in [2.75, 3.05) is 19.8 Å². The predicted octanol–water partition coefficient (Wildman–Crippen LogP) is 2.24. The highest BCUT2D eigenvalue weighted by atomic mass is 32.2. The highest BCUT2D eigenvalue weighted by Gasteiger charge is 2.33. The third-order valence-corrected chi connectivity index (χ3v) is 7.21. The van der Waals surface area contributed by atoms with Crippen molar-refractivity contribution < 1.29 is 32.2 Å². The zero-order valence-corrected chi connectivity index (χ0v) is 19.7. The van der Waals surface area contributed by atoms with E-state index in [0.717, 1.165) is 19.3 Å². The van der Waals surface area contributed by atoms with Gasteiger partial charge in [0, 0.05) is 31.1 Å². The fourth-order valence-corrected chi connectivity index (χ4v) is 5.10. The molecule has 0 radical (unpaired) electrons. The summed E-state index contributed by atoms with van der Waals surface area (Å²) >= 11 is 0. The molecule has 3 atom stereocenters. The van der Waals surface area contributed by atoms with Crippen LogP contribution in [0.5, 0.6) is 11.5 Å². The number of carbonyl (C=O) groups excluding carboxylic acids is 2.